The Bertz CT molecular complexity index is 704. The molecule has 1 amide bonds. The lowest BCUT2D eigenvalue weighted by Gasteiger charge is -2.34. The van der Waals surface area contributed by atoms with Crippen LogP contribution in [-0.4, -0.2) is 49.9 Å². The van der Waals surface area contributed by atoms with E-state index in [4.69, 9.17) is 4.74 Å². The van der Waals surface area contributed by atoms with Gasteiger partial charge < -0.3 is 9.64 Å². The molecule has 0 saturated carbocycles. The van der Waals surface area contributed by atoms with Crippen molar-refractivity contribution in [2.45, 2.75) is 45.1 Å². The minimum absolute atomic E-state index is 0.0164. The van der Waals surface area contributed by atoms with E-state index < -0.39 is 15.4 Å². The third kappa shape index (κ3) is 4.29. The van der Waals surface area contributed by atoms with Crippen molar-refractivity contribution in [2.75, 3.05) is 25.2 Å². The summed E-state index contributed by atoms with van der Waals surface area (Å²) in [6, 6.07) is 7.70. The van der Waals surface area contributed by atoms with Crippen molar-refractivity contribution >= 4 is 15.7 Å². The number of sulfone groups is 1. The van der Waals surface area contributed by atoms with E-state index in [2.05, 4.69) is 20.8 Å². The van der Waals surface area contributed by atoms with Crippen LogP contribution >= 0.6 is 0 Å². The summed E-state index contributed by atoms with van der Waals surface area (Å²) < 4.78 is 29.0. The molecule has 0 N–H and O–H groups in total. The number of ether oxygens (including phenoxy) is 1. The summed E-state index contributed by atoms with van der Waals surface area (Å²) in [6.45, 7) is 8.13. The molecule has 6 heteroatoms. The van der Waals surface area contributed by atoms with Gasteiger partial charge in [0.05, 0.1) is 17.0 Å². The number of hydrogen-bond acceptors (Lipinski definition) is 4. The van der Waals surface area contributed by atoms with Crippen LogP contribution in [0.3, 0.4) is 0 Å². The summed E-state index contributed by atoms with van der Waals surface area (Å²) in [6.07, 6.45) is 0.470. The SMILES string of the molecule is CN(C(=O)COc1ccc(C(C)(C)C)cc1)[C@@]1(C)CCS(=O)(=O)C1. The second-order valence-corrected chi connectivity index (χ2v) is 10.0. The normalized spacial score (nSPS) is 23.0. The van der Waals surface area contributed by atoms with Crippen molar-refractivity contribution in [3.63, 3.8) is 0 Å². The van der Waals surface area contributed by atoms with E-state index in [1.165, 1.54) is 10.5 Å². The molecule has 0 aliphatic carbocycles. The first-order valence-electron chi connectivity index (χ1n) is 8.13. The van der Waals surface area contributed by atoms with E-state index >= 15 is 0 Å². The Morgan fingerprint density at radius 1 is 1.25 bits per heavy atom. The zero-order chi connectivity index (χ0) is 18.2. The summed E-state index contributed by atoms with van der Waals surface area (Å²) in [5.41, 5.74) is 0.619. The van der Waals surface area contributed by atoms with Crippen molar-refractivity contribution in [1.82, 2.24) is 4.90 Å². The zero-order valence-corrected chi connectivity index (χ0v) is 15.9. The first-order valence-corrected chi connectivity index (χ1v) is 9.96. The second kappa shape index (κ2) is 6.39. The van der Waals surface area contributed by atoms with Crippen molar-refractivity contribution in [3.8, 4) is 5.75 Å². The molecule has 1 aromatic carbocycles. The van der Waals surface area contributed by atoms with Gasteiger partial charge in [0, 0.05) is 7.05 Å². The molecule has 1 heterocycles. The molecule has 1 aliphatic rings. The molecule has 1 atom stereocenters. The number of carbonyl (C=O) groups is 1. The summed E-state index contributed by atoms with van der Waals surface area (Å²) >= 11 is 0. The van der Waals surface area contributed by atoms with Crippen LogP contribution in [0.2, 0.25) is 0 Å². The molecular formula is C18H27NO4S. The lowest BCUT2D eigenvalue weighted by molar-refractivity contribution is -0.136. The number of nitrogens with zero attached hydrogens (tertiary/aromatic N) is 1. The minimum Gasteiger partial charge on any atom is -0.484 e. The molecule has 5 nitrogen and oxygen atoms in total. The Kier molecular flexibility index (Phi) is 5.00. The molecule has 2 rings (SSSR count). The maximum atomic E-state index is 12.4. The summed E-state index contributed by atoms with van der Waals surface area (Å²) in [4.78, 5) is 13.9. The number of rotatable bonds is 4. The second-order valence-electron chi connectivity index (χ2n) is 7.85. The van der Waals surface area contributed by atoms with Gasteiger partial charge in [0.2, 0.25) is 0 Å². The number of carbonyl (C=O) groups excluding carboxylic acids is 1. The predicted octanol–water partition coefficient (Wildman–Crippen LogP) is 2.40. The number of hydrogen-bond donors (Lipinski definition) is 0. The van der Waals surface area contributed by atoms with Gasteiger partial charge in [0.1, 0.15) is 5.75 Å². The van der Waals surface area contributed by atoms with Crippen LogP contribution in [0.4, 0.5) is 0 Å². The fourth-order valence-corrected chi connectivity index (χ4v) is 5.03. The Hall–Kier alpha value is -1.56. The van der Waals surface area contributed by atoms with Crippen LogP contribution in [0.1, 0.15) is 39.7 Å². The Morgan fingerprint density at radius 2 is 1.83 bits per heavy atom. The quantitative estimate of drug-likeness (QED) is 0.834. The molecule has 1 saturated heterocycles. The van der Waals surface area contributed by atoms with E-state index in [0.717, 1.165) is 0 Å². The Morgan fingerprint density at radius 3 is 2.29 bits per heavy atom. The average Bonchev–Trinajstić information content (AvgIpc) is 2.78. The molecule has 1 aliphatic heterocycles. The summed E-state index contributed by atoms with van der Waals surface area (Å²) in [5.74, 6) is 0.571. The highest BCUT2D eigenvalue weighted by Crippen LogP contribution is 2.29. The fraction of sp³-hybridized carbons (Fsp3) is 0.611. The zero-order valence-electron chi connectivity index (χ0n) is 15.1. The third-order valence-electron chi connectivity index (χ3n) is 4.75. The van der Waals surface area contributed by atoms with Gasteiger partial charge in [0.15, 0.2) is 16.4 Å². The fourth-order valence-electron chi connectivity index (χ4n) is 2.85. The molecule has 0 unspecified atom stereocenters. The van der Waals surface area contributed by atoms with Crippen LogP contribution < -0.4 is 4.74 Å². The monoisotopic (exact) mass is 353 g/mol. The van der Waals surface area contributed by atoms with E-state index in [1.807, 2.05) is 31.2 Å². The Labute approximate surface area is 144 Å². The van der Waals surface area contributed by atoms with Crippen LogP contribution in [-0.2, 0) is 20.0 Å². The molecule has 0 spiro atoms. The highest BCUT2D eigenvalue weighted by molar-refractivity contribution is 7.91. The summed E-state index contributed by atoms with van der Waals surface area (Å²) in [7, 11) is -1.41. The highest BCUT2D eigenvalue weighted by atomic mass is 32.2. The van der Waals surface area contributed by atoms with E-state index in [9.17, 15) is 13.2 Å². The van der Waals surface area contributed by atoms with E-state index in [1.54, 1.807) is 7.05 Å². The molecule has 1 fully saturated rings. The van der Waals surface area contributed by atoms with Gasteiger partial charge in [0.25, 0.3) is 5.91 Å². The Balaban J connectivity index is 1.96. The molecule has 0 bridgehead atoms. The van der Waals surface area contributed by atoms with Crippen LogP contribution in [0.5, 0.6) is 5.75 Å². The standard InChI is InChI=1S/C18H27NO4S/c1-17(2,3)14-6-8-15(9-7-14)23-12-16(20)19(5)18(4)10-11-24(21,22)13-18/h6-9H,10-13H2,1-5H3/t18-/m0/s1. The van der Waals surface area contributed by atoms with Gasteiger partial charge in [-0.3, -0.25) is 4.79 Å². The third-order valence-corrected chi connectivity index (χ3v) is 6.64. The number of amides is 1. The van der Waals surface area contributed by atoms with Crippen LogP contribution in [0, 0.1) is 0 Å². The predicted molar refractivity (Wildman–Crippen MR) is 95.1 cm³/mol. The van der Waals surface area contributed by atoms with Gasteiger partial charge in [-0.15, -0.1) is 0 Å². The number of likely N-dealkylation sites (N-methyl/N-ethyl adjacent to an activating group) is 1. The lowest BCUT2D eigenvalue weighted by Crippen LogP contribution is -2.49. The maximum absolute atomic E-state index is 12.4. The van der Waals surface area contributed by atoms with Crippen molar-refractivity contribution in [3.05, 3.63) is 29.8 Å². The molecule has 134 valence electrons. The van der Waals surface area contributed by atoms with Crippen LogP contribution in [0.25, 0.3) is 0 Å². The molecule has 24 heavy (non-hydrogen) atoms. The molecule has 0 radical (unpaired) electrons. The minimum atomic E-state index is -3.05. The topological polar surface area (TPSA) is 63.7 Å². The first kappa shape index (κ1) is 18.8. The van der Waals surface area contributed by atoms with Gasteiger partial charge in [-0.05, 0) is 36.5 Å². The van der Waals surface area contributed by atoms with E-state index in [0.29, 0.717) is 12.2 Å². The maximum Gasteiger partial charge on any atom is 0.260 e. The highest BCUT2D eigenvalue weighted by Gasteiger charge is 2.43. The van der Waals surface area contributed by atoms with Gasteiger partial charge in [-0.25, -0.2) is 8.42 Å². The van der Waals surface area contributed by atoms with Crippen molar-refractivity contribution < 1.29 is 17.9 Å². The van der Waals surface area contributed by atoms with Gasteiger partial charge in [-0.2, -0.15) is 0 Å². The number of benzene rings is 1. The van der Waals surface area contributed by atoms with Crippen molar-refractivity contribution in [1.29, 1.82) is 0 Å². The van der Waals surface area contributed by atoms with Gasteiger partial charge in [-0.1, -0.05) is 32.9 Å². The smallest absolute Gasteiger partial charge is 0.260 e. The van der Waals surface area contributed by atoms with Gasteiger partial charge >= 0.3 is 0 Å². The summed E-state index contributed by atoms with van der Waals surface area (Å²) in [5, 5.41) is 0. The van der Waals surface area contributed by atoms with E-state index in [-0.39, 0.29) is 29.4 Å². The first-order chi connectivity index (χ1) is 10.9. The molecule has 0 aromatic heterocycles. The average molecular weight is 353 g/mol. The van der Waals surface area contributed by atoms with Crippen molar-refractivity contribution in [2.24, 2.45) is 0 Å². The van der Waals surface area contributed by atoms with Crippen LogP contribution in [0.15, 0.2) is 24.3 Å². The largest absolute Gasteiger partial charge is 0.484 e. The molecule has 1 aromatic rings. The lowest BCUT2D eigenvalue weighted by atomic mass is 9.87. The molecular weight excluding hydrogens is 326 g/mol.